The minimum Gasteiger partial charge on any atom is -0.389 e. The number of aliphatic hydroxyl groups excluding tert-OH is 1. The molecule has 2 fully saturated rings. The topological polar surface area (TPSA) is 110 Å². The Kier molecular flexibility index (Phi) is 11.3. The Labute approximate surface area is 252 Å². The van der Waals surface area contributed by atoms with E-state index >= 15 is 0 Å². The standard InChI is InChI=1S/C34H41NO8/c36-25-34(35(37)38)32(41-23-28-17-9-3-10-18-28)31(40-22-27-15-7-2-8-16-27)30(24-39-21-26-13-5-1-6-14-26)43-33(34)42-29-19-11-4-12-20-29/h1-3,5-10,13-18,29-33,36H,4,11-12,19-25H2/t30-,31+,32+,33+,34-/m1/s1. The van der Waals surface area contributed by atoms with Crippen molar-refractivity contribution in [3.05, 3.63) is 118 Å². The average Bonchev–Trinajstić information content (AvgIpc) is 3.05. The normalized spacial score (nSPS) is 26.3. The van der Waals surface area contributed by atoms with Crippen molar-refractivity contribution in [1.29, 1.82) is 0 Å². The predicted molar refractivity (Wildman–Crippen MR) is 160 cm³/mol. The maximum Gasteiger partial charge on any atom is 0.322 e. The molecule has 1 aliphatic heterocycles. The summed E-state index contributed by atoms with van der Waals surface area (Å²) in [6.45, 7) is -0.179. The molecular weight excluding hydrogens is 550 g/mol. The summed E-state index contributed by atoms with van der Waals surface area (Å²) >= 11 is 0. The number of ether oxygens (including phenoxy) is 5. The van der Waals surface area contributed by atoms with Crippen LogP contribution in [0.25, 0.3) is 0 Å². The van der Waals surface area contributed by atoms with Crippen LogP contribution in [-0.4, -0.2) is 59.5 Å². The average molecular weight is 592 g/mol. The third kappa shape index (κ3) is 7.86. The van der Waals surface area contributed by atoms with Gasteiger partial charge >= 0.3 is 5.54 Å². The van der Waals surface area contributed by atoms with E-state index in [1.165, 1.54) is 0 Å². The molecule has 1 N–H and O–H groups in total. The van der Waals surface area contributed by atoms with Crippen LogP contribution in [0.4, 0.5) is 0 Å². The molecular formula is C34H41NO8. The summed E-state index contributed by atoms with van der Waals surface area (Å²) in [5.74, 6) is 0. The molecule has 0 unspecified atom stereocenters. The second-order valence-corrected chi connectivity index (χ2v) is 11.3. The van der Waals surface area contributed by atoms with Crippen LogP contribution in [0.1, 0.15) is 48.8 Å². The summed E-state index contributed by atoms with van der Waals surface area (Å²) < 4.78 is 31.7. The molecule has 0 amide bonds. The summed E-state index contributed by atoms with van der Waals surface area (Å²) in [6, 6.07) is 28.8. The zero-order valence-corrected chi connectivity index (χ0v) is 24.4. The second-order valence-electron chi connectivity index (χ2n) is 11.3. The van der Waals surface area contributed by atoms with Crippen molar-refractivity contribution in [2.75, 3.05) is 13.2 Å². The molecule has 9 nitrogen and oxygen atoms in total. The highest BCUT2D eigenvalue weighted by atomic mass is 16.7. The van der Waals surface area contributed by atoms with Crippen LogP contribution in [0.3, 0.4) is 0 Å². The Morgan fingerprint density at radius 1 is 0.791 bits per heavy atom. The quantitative estimate of drug-likeness (QED) is 0.195. The SMILES string of the molecule is O=[N+]([O-])[C@@]1(CO)[C@@H](OC2CCCCC2)O[C@H](COCc2ccccc2)[C@H](OCc2ccccc2)[C@@H]1OCc1ccccc1. The number of hydrogen-bond acceptors (Lipinski definition) is 8. The van der Waals surface area contributed by atoms with Gasteiger partial charge in [-0.05, 0) is 29.5 Å². The third-order valence-electron chi connectivity index (χ3n) is 8.28. The van der Waals surface area contributed by atoms with Crippen LogP contribution in [-0.2, 0) is 43.5 Å². The first-order chi connectivity index (χ1) is 21.1. The van der Waals surface area contributed by atoms with Crippen LogP contribution in [0.5, 0.6) is 0 Å². The molecule has 0 radical (unpaired) electrons. The van der Waals surface area contributed by atoms with E-state index in [-0.39, 0.29) is 25.9 Å². The van der Waals surface area contributed by atoms with Gasteiger partial charge in [0.25, 0.3) is 0 Å². The molecule has 0 spiro atoms. The van der Waals surface area contributed by atoms with Crippen molar-refractivity contribution in [3.8, 4) is 0 Å². The predicted octanol–water partition coefficient (Wildman–Crippen LogP) is 5.46. The Morgan fingerprint density at radius 3 is 1.86 bits per heavy atom. The Bertz CT molecular complexity index is 1240. The van der Waals surface area contributed by atoms with Gasteiger partial charge in [-0.15, -0.1) is 0 Å². The van der Waals surface area contributed by atoms with Gasteiger partial charge in [-0.25, -0.2) is 0 Å². The smallest absolute Gasteiger partial charge is 0.322 e. The van der Waals surface area contributed by atoms with Crippen LogP contribution in [0.15, 0.2) is 91.0 Å². The van der Waals surface area contributed by atoms with Gasteiger partial charge in [0.15, 0.2) is 6.10 Å². The van der Waals surface area contributed by atoms with E-state index in [9.17, 15) is 15.2 Å². The zero-order chi connectivity index (χ0) is 29.9. The highest BCUT2D eigenvalue weighted by Crippen LogP contribution is 2.39. The van der Waals surface area contributed by atoms with E-state index < -0.39 is 41.7 Å². The van der Waals surface area contributed by atoms with Crippen molar-refractivity contribution in [2.24, 2.45) is 0 Å². The molecule has 1 saturated heterocycles. The van der Waals surface area contributed by atoms with Crippen LogP contribution in [0, 0.1) is 10.1 Å². The van der Waals surface area contributed by atoms with E-state index in [4.69, 9.17) is 23.7 Å². The summed E-state index contributed by atoms with van der Waals surface area (Å²) in [6.07, 6.45) is 0.111. The lowest BCUT2D eigenvalue weighted by molar-refractivity contribution is -0.630. The summed E-state index contributed by atoms with van der Waals surface area (Å²) in [5.41, 5.74) is 0.600. The minimum atomic E-state index is -2.12. The largest absolute Gasteiger partial charge is 0.389 e. The number of rotatable bonds is 14. The Balaban J connectivity index is 1.47. The highest BCUT2D eigenvalue weighted by molar-refractivity contribution is 5.16. The van der Waals surface area contributed by atoms with Gasteiger partial charge in [0.05, 0.1) is 32.5 Å². The minimum absolute atomic E-state index is 0.0834. The fourth-order valence-electron chi connectivity index (χ4n) is 5.87. The van der Waals surface area contributed by atoms with Crippen molar-refractivity contribution in [3.63, 3.8) is 0 Å². The van der Waals surface area contributed by atoms with Crippen LogP contribution < -0.4 is 0 Å². The summed E-state index contributed by atoms with van der Waals surface area (Å²) in [7, 11) is 0. The Morgan fingerprint density at radius 2 is 1.33 bits per heavy atom. The van der Waals surface area contributed by atoms with Crippen molar-refractivity contribution in [1.82, 2.24) is 0 Å². The van der Waals surface area contributed by atoms with E-state index in [1.807, 2.05) is 91.0 Å². The maximum atomic E-state index is 13.0. The lowest BCUT2D eigenvalue weighted by Gasteiger charge is -2.48. The first-order valence-electron chi connectivity index (χ1n) is 15.1. The summed E-state index contributed by atoms with van der Waals surface area (Å²) in [4.78, 5) is 12.5. The van der Waals surface area contributed by atoms with Crippen molar-refractivity contribution < 1.29 is 33.7 Å². The number of aliphatic hydroxyl groups is 1. The summed E-state index contributed by atoms with van der Waals surface area (Å²) in [5, 5.41) is 23.9. The molecule has 0 bridgehead atoms. The number of benzene rings is 3. The van der Waals surface area contributed by atoms with Gasteiger partial charge in [-0.2, -0.15) is 0 Å². The van der Waals surface area contributed by atoms with E-state index in [2.05, 4.69) is 0 Å². The second kappa shape index (κ2) is 15.5. The molecule has 0 aromatic heterocycles. The molecule has 2 aliphatic rings. The monoisotopic (exact) mass is 591 g/mol. The number of nitro groups is 1. The molecule has 3 aromatic carbocycles. The number of nitrogens with zero attached hydrogens (tertiary/aromatic N) is 1. The van der Waals surface area contributed by atoms with E-state index in [0.717, 1.165) is 48.8 Å². The van der Waals surface area contributed by atoms with Gasteiger partial charge in [0, 0.05) is 4.92 Å². The van der Waals surface area contributed by atoms with Crippen molar-refractivity contribution >= 4 is 0 Å². The lowest BCUT2D eigenvalue weighted by Crippen LogP contribution is -2.73. The molecule has 5 rings (SSSR count). The fourth-order valence-corrected chi connectivity index (χ4v) is 5.87. The first-order valence-corrected chi connectivity index (χ1v) is 15.1. The molecule has 1 aliphatic carbocycles. The zero-order valence-electron chi connectivity index (χ0n) is 24.4. The van der Waals surface area contributed by atoms with Gasteiger partial charge in [0.2, 0.25) is 6.29 Å². The van der Waals surface area contributed by atoms with Gasteiger partial charge in [0.1, 0.15) is 18.8 Å². The lowest BCUT2D eigenvalue weighted by atomic mass is 9.83. The Hall–Kier alpha value is -3.18. The molecule has 1 saturated carbocycles. The van der Waals surface area contributed by atoms with Crippen LogP contribution in [0.2, 0.25) is 0 Å². The molecule has 43 heavy (non-hydrogen) atoms. The maximum absolute atomic E-state index is 13.0. The molecule has 1 heterocycles. The van der Waals surface area contributed by atoms with Gasteiger partial charge in [-0.1, -0.05) is 110 Å². The van der Waals surface area contributed by atoms with E-state index in [1.54, 1.807) is 0 Å². The van der Waals surface area contributed by atoms with Gasteiger partial charge < -0.3 is 28.8 Å². The number of hydrogen-bond donors (Lipinski definition) is 1. The third-order valence-corrected chi connectivity index (χ3v) is 8.28. The van der Waals surface area contributed by atoms with E-state index in [0.29, 0.717) is 6.61 Å². The molecule has 230 valence electrons. The first kappa shape index (κ1) is 31.3. The fraction of sp³-hybridized carbons (Fsp3) is 0.471. The molecule has 5 atom stereocenters. The van der Waals surface area contributed by atoms with Crippen LogP contribution >= 0.6 is 0 Å². The molecule has 3 aromatic rings. The molecule has 9 heteroatoms. The van der Waals surface area contributed by atoms with Crippen molar-refractivity contribution in [2.45, 2.75) is 88.2 Å². The van der Waals surface area contributed by atoms with Gasteiger partial charge in [-0.3, -0.25) is 10.1 Å². The highest BCUT2D eigenvalue weighted by Gasteiger charge is 2.67.